The molecule has 0 spiro atoms. The minimum atomic E-state index is -0.894. The van der Waals surface area contributed by atoms with E-state index in [0.29, 0.717) is 17.7 Å². The molecule has 28 heavy (non-hydrogen) atoms. The molecule has 1 aromatic carbocycles. The number of urea groups is 1. The molecule has 0 saturated heterocycles. The lowest BCUT2D eigenvalue weighted by Crippen LogP contribution is -2.48. The number of hydrogen-bond acceptors (Lipinski definition) is 6. The van der Waals surface area contributed by atoms with Gasteiger partial charge in [0, 0.05) is 12.2 Å². The Morgan fingerprint density at radius 3 is 2.29 bits per heavy atom. The van der Waals surface area contributed by atoms with Crippen molar-refractivity contribution in [3.8, 4) is 0 Å². The number of nitrogens with one attached hydrogen (secondary N) is 4. The molecule has 0 aliphatic rings. The van der Waals surface area contributed by atoms with Crippen LogP contribution in [0.15, 0.2) is 24.3 Å². The summed E-state index contributed by atoms with van der Waals surface area (Å²) in [5.74, 6) is -1.51. The number of hydrogen-bond donors (Lipinski definition) is 7. The summed E-state index contributed by atoms with van der Waals surface area (Å²) in [6, 6.07) is 4.98. The van der Waals surface area contributed by atoms with Crippen molar-refractivity contribution < 1.29 is 24.3 Å². The second-order valence-corrected chi connectivity index (χ2v) is 5.88. The van der Waals surface area contributed by atoms with Crippen molar-refractivity contribution in [2.75, 3.05) is 25.0 Å². The van der Waals surface area contributed by atoms with Crippen LogP contribution in [0.3, 0.4) is 0 Å². The number of carbonyl (C=O) groups excluding carboxylic acids is 4. The van der Waals surface area contributed by atoms with Crippen molar-refractivity contribution in [1.29, 1.82) is 0 Å². The third kappa shape index (κ3) is 8.96. The number of carbonyl (C=O) groups is 4. The molecular formula is C17H26N6O5. The summed E-state index contributed by atoms with van der Waals surface area (Å²) in [7, 11) is 0. The molecule has 1 rings (SSSR count). The topological polar surface area (TPSA) is 189 Å². The molecule has 0 radical (unpaired) electrons. The zero-order valence-corrected chi connectivity index (χ0v) is 15.4. The summed E-state index contributed by atoms with van der Waals surface area (Å²) in [6.07, 6.45) is 0.622. The van der Waals surface area contributed by atoms with Crippen LogP contribution < -0.4 is 32.7 Å². The molecule has 0 saturated carbocycles. The van der Waals surface area contributed by atoms with Gasteiger partial charge in [-0.3, -0.25) is 14.4 Å². The van der Waals surface area contributed by atoms with E-state index in [0.717, 1.165) is 0 Å². The highest BCUT2D eigenvalue weighted by atomic mass is 16.3. The fraction of sp³-hybridized carbons (Fsp3) is 0.412. The van der Waals surface area contributed by atoms with Crippen LogP contribution in [-0.4, -0.2) is 54.5 Å². The van der Waals surface area contributed by atoms with Crippen LogP contribution in [0.5, 0.6) is 0 Å². The van der Waals surface area contributed by atoms with Gasteiger partial charge in [-0.05, 0) is 30.5 Å². The van der Waals surface area contributed by atoms with Crippen LogP contribution in [0.1, 0.15) is 18.4 Å². The van der Waals surface area contributed by atoms with Gasteiger partial charge in [0.05, 0.1) is 19.7 Å². The summed E-state index contributed by atoms with van der Waals surface area (Å²) in [5, 5.41) is 19.0. The number of rotatable bonds is 11. The zero-order chi connectivity index (χ0) is 20.9. The maximum Gasteiger partial charge on any atom is 0.312 e. The van der Waals surface area contributed by atoms with Crippen molar-refractivity contribution in [2.45, 2.75) is 25.5 Å². The summed E-state index contributed by atoms with van der Waals surface area (Å²) >= 11 is 0. The third-order valence-electron chi connectivity index (χ3n) is 3.66. The Labute approximate surface area is 162 Å². The molecule has 1 aromatic rings. The Bertz CT molecular complexity index is 679. The number of amides is 5. The first-order valence-electron chi connectivity index (χ1n) is 8.65. The lowest BCUT2D eigenvalue weighted by molar-refractivity contribution is -0.128. The predicted molar refractivity (Wildman–Crippen MR) is 102 cm³/mol. The molecule has 1 unspecified atom stereocenters. The monoisotopic (exact) mass is 394 g/mol. The Hall–Kier alpha value is -3.18. The van der Waals surface area contributed by atoms with Crippen LogP contribution in [0.25, 0.3) is 0 Å². The van der Waals surface area contributed by atoms with Gasteiger partial charge in [-0.25, -0.2) is 4.79 Å². The average Bonchev–Trinajstić information content (AvgIpc) is 2.68. The lowest BCUT2D eigenvalue weighted by atomic mass is 10.1. The van der Waals surface area contributed by atoms with Crippen molar-refractivity contribution in [1.82, 2.24) is 16.0 Å². The van der Waals surface area contributed by atoms with Crippen LogP contribution in [0.4, 0.5) is 10.5 Å². The normalized spacial score (nSPS) is 11.2. The summed E-state index contributed by atoms with van der Waals surface area (Å²) in [6.45, 7) is -0.442. The molecule has 0 heterocycles. The molecule has 0 aromatic heterocycles. The smallest absolute Gasteiger partial charge is 0.312 e. The van der Waals surface area contributed by atoms with E-state index in [4.69, 9.17) is 16.6 Å². The largest absolute Gasteiger partial charge is 0.392 e. The fourth-order valence-electron chi connectivity index (χ4n) is 2.21. The zero-order valence-electron chi connectivity index (χ0n) is 15.4. The Morgan fingerprint density at radius 2 is 1.71 bits per heavy atom. The second-order valence-electron chi connectivity index (χ2n) is 5.88. The molecule has 0 aliphatic heterocycles. The summed E-state index contributed by atoms with van der Waals surface area (Å²) in [4.78, 5) is 46.4. The standard InChI is InChI=1S/C17H26N6O5/c18-8-14(25)21-9-15(26)23-13(2-1-7-20-17(19)28)16(27)22-12-5-3-11(10-24)4-6-12/h3-6,13,24H,1-2,7-10,18H2,(H,21,25)(H,22,27)(H,23,26)(H3,19,20,28). The van der Waals surface area contributed by atoms with Gasteiger partial charge in [-0.2, -0.15) is 0 Å². The van der Waals surface area contributed by atoms with Gasteiger partial charge >= 0.3 is 6.03 Å². The highest BCUT2D eigenvalue weighted by Crippen LogP contribution is 2.11. The first kappa shape index (κ1) is 22.9. The van der Waals surface area contributed by atoms with Crippen LogP contribution in [0.2, 0.25) is 0 Å². The second kappa shape index (κ2) is 12.3. The maximum absolute atomic E-state index is 12.5. The van der Waals surface area contributed by atoms with E-state index in [1.807, 2.05) is 0 Å². The van der Waals surface area contributed by atoms with Crippen molar-refractivity contribution in [3.05, 3.63) is 29.8 Å². The highest BCUT2D eigenvalue weighted by Gasteiger charge is 2.21. The predicted octanol–water partition coefficient (Wildman–Crippen LogP) is -1.87. The minimum absolute atomic E-state index is 0.117. The quantitative estimate of drug-likeness (QED) is 0.215. The summed E-state index contributed by atoms with van der Waals surface area (Å²) in [5.41, 5.74) is 11.3. The Kier molecular flexibility index (Phi) is 10.0. The maximum atomic E-state index is 12.5. The summed E-state index contributed by atoms with van der Waals surface area (Å²) < 4.78 is 0. The molecule has 0 aliphatic carbocycles. The van der Waals surface area contributed by atoms with Gasteiger partial charge < -0.3 is 37.8 Å². The van der Waals surface area contributed by atoms with E-state index in [1.165, 1.54) is 0 Å². The third-order valence-corrected chi connectivity index (χ3v) is 3.66. The first-order chi connectivity index (χ1) is 13.3. The molecule has 0 bridgehead atoms. The molecule has 154 valence electrons. The van der Waals surface area contributed by atoms with Crippen molar-refractivity contribution >= 4 is 29.4 Å². The molecule has 11 nitrogen and oxygen atoms in total. The van der Waals surface area contributed by atoms with E-state index in [9.17, 15) is 19.2 Å². The van der Waals surface area contributed by atoms with Gasteiger partial charge in [0.2, 0.25) is 17.7 Å². The number of benzene rings is 1. The van der Waals surface area contributed by atoms with E-state index in [1.54, 1.807) is 24.3 Å². The molecule has 11 heteroatoms. The highest BCUT2D eigenvalue weighted by molar-refractivity contribution is 5.97. The van der Waals surface area contributed by atoms with E-state index in [-0.39, 0.29) is 32.7 Å². The Balaban J connectivity index is 2.67. The number of nitrogens with two attached hydrogens (primary N) is 2. The van der Waals surface area contributed by atoms with E-state index in [2.05, 4.69) is 21.3 Å². The van der Waals surface area contributed by atoms with Crippen LogP contribution >= 0.6 is 0 Å². The van der Waals surface area contributed by atoms with Gasteiger partial charge in [0.25, 0.3) is 0 Å². The number of primary amides is 1. The average molecular weight is 394 g/mol. The Morgan fingerprint density at radius 1 is 1.04 bits per heavy atom. The van der Waals surface area contributed by atoms with Gasteiger partial charge in [-0.15, -0.1) is 0 Å². The number of aliphatic hydroxyl groups excluding tert-OH is 1. The molecular weight excluding hydrogens is 368 g/mol. The molecule has 5 amide bonds. The van der Waals surface area contributed by atoms with Crippen LogP contribution in [0, 0.1) is 0 Å². The molecule has 0 fully saturated rings. The van der Waals surface area contributed by atoms with Gasteiger partial charge in [-0.1, -0.05) is 12.1 Å². The molecule has 9 N–H and O–H groups in total. The lowest BCUT2D eigenvalue weighted by Gasteiger charge is -2.19. The van der Waals surface area contributed by atoms with E-state index < -0.39 is 29.8 Å². The van der Waals surface area contributed by atoms with Crippen LogP contribution in [-0.2, 0) is 21.0 Å². The van der Waals surface area contributed by atoms with Crippen molar-refractivity contribution in [2.24, 2.45) is 11.5 Å². The number of aliphatic hydroxyl groups is 1. The van der Waals surface area contributed by atoms with E-state index >= 15 is 0 Å². The number of anilines is 1. The van der Waals surface area contributed by atoms with Crippen molar-refractivity contribution in [3.63, 3.8) is 0 Å². The SMILES string of the molecule is NCC(=O)NCC(=O)NC(CCCNC(N)=O)C(=O)Nc1ccc(CO)cc1. The fourth-order valence-corrected chi connectivity index (χ4v) is 2.21. The minimum Gasteiger partial charge on any atom is -0.392 e. The van der Waals surface area contributed by atoms with Gasteiger partial charge in [0.1, 0.15) is 6.04 Å². The molecule has 1 atom stereocenters. The van der Waals surface area contributed by atoms with Gasteiger partial charge in [0.15, 0.2) is 0 Å². The first-order valence-corrected chi connectivity index (χ1v) is 8.65.